The van der Waals surface area contributed by atoms with Crippen LogP contribution < -0.4 is 4.74 Å². The molecule has 0 spiro atoms. The molecule has 0 amide bonds. The Hall–Kier alpha value is -0.730. The first-order valence-corrected chi connectivity index (χ1v) is 6.36. The molecule has 1 atom stereocenters. The van der Waals surface area contributed by atoms with E-state index < -0.39 is 6.10 Å². The van der Waals surface area contributed by atoms with E-state index in [1.54, 1.807) is 0 Å². The number of rotatable bonds is 4. The minimum absolute atomic E-state index is 0.0211. The van der Waals surface area contributed by atoms with Crippen molar-refractivity contribution in [3.63, 3.8) is 0 Å². The monoisotopic (exact) mass is 256 g/mol. The van der Waals surface area contributed by atoms with Gasteiger partial charge in [0.1, 0.15) is 18.5 Å². The number of hydrogen-bond acceptors (Lipinski definition) is 2. The van der Waals surface area contributed by atoms with E-state index in [0.29, 0.717) is 0 Å². The van der Waals surface area contributed by atoms with Gasteiger partial charge in [0.25, 0.3) is 0 Å². The summed E-state index contributed by atoms with van der Waals surface area (Å²) >= 11 is 5.54. The van der Waals surface area contributed by atoms with Crippen LogP contribution in [0, 0.1) is 6.92 Å². The molecule has 0 saturated carbocycles. The average molecular weight is 257 g/mol. The molecule has 1 rings (SSSR count). The lowest BCUT2D eigenvalue weighted by molar-refractivity contribution is 0.124. The Labute approximate surface area is 109 Å². The Morgan fingerprint density at radius 3 is 2.53 bits per heavy atom. The van der Waals surface area contributed by atoms with E-state index >= 15 is 0 Å². The fourth-order valence-electron chi connectivity index (χ4n) is 1.59. The Morgan fingerprint density at radius 1 is 1.35 bits per heavy atom. The summed E-state index contributed by atoms with van der Waals surface area (Å²) in [5, 5.41) is 9.41. The third-order valence-corrected chi connectivity index (χ3v) is 2.91. The molecule has 96 valence electrons. The average Bonchev–Trinajstić information content (AvgIpc) is 2.25. The highest BCUT2D eigenvalue weighted by atomic mass is 35.5. The zero-order valence-corrected chi connectivity index (χ0v) is 11.7. The number of alkyl halides is 1. The van der Waals surface area contributed by atoms with Crippen LogP contribution in [0.25, 0.3) is 0 Å². The second-order valence-electron chi connectivity index (χ2n) is 5.37. The molecular weight excluding hydrogens is 236 g/mol. The zero-order chi connectivity index (χ0) is 13.1. The van der Waals surface area contributed by atoms with Gasteiger partial charge in [-0.05, 0) is 24.0 Å². The number of aliphatic hydroxyl groups is 1. The summed E-state index contributed by atoms with van der Waals surface area (Å²) in [6.45, 7) is 8.73. The Bertz CT molecular complexity index is 369. The topological polar surface area (TPSA) is 29.5 Å². The maximum Gasteiger partial charge on any atom is 0.123 e. The number of benzene rings is 1. The Kier molecular flexibility index (Phi) is 4.84. The highest BCUT2D eigenvalue weighted by Gasteiger charge is 2.19. The summed E-state index contributed by atoms with van der Waals surface area (Å²) in [6, 6.07) is 6.09. The number of hydrogen-bond donors (Lipinski definition) is 1. The lowest BCUT2D eigenvalue weighted by atomic mass is 9.85. The molecule has 0 aliphatic carbocycles. The molecule has 17 heavy (non-hydrogen) atoms. The van der Waals surface area contributed by atoms with Crippen LogP contribution >= 0.6 is 11.6 Å². The summed E-state index contributed by atoms with van der Waals surface area (Å²) in [6.07, 6.45) is -0.620. The smallest absolute Gasteiger partial charge is 0.123 e. The summed E-state index contributed by atoms with van der Waals surface area (Å²) in [7, 11) is 0. The third kappa shape index (κ3) is 4.21. The second kappa shape index (κ2) is 5.74. The zero-order valence-electron chi connectivity index (χ0n) is 11.0. The Morgan fingerprint density at radius 2 is 2.00 bits per heavy atom. The van der Waals surface area contributed by atoms with Gasteiger partial charge in [0.2, 0.25) is 0 Å². The lowest BCUT2D eigenvalue weighted by Crippen LogP contribution is -2.21. The molecule has 1 N–H and O–H groups in total. The first kappa shape index (κ1) is 14.3. The van der Waals surface area contributed by atoms with Crippen molar-refractivity contribution in [2.24, 2.45) is 0 Å². The number of halogens is 1. The van der Waals surface area contributed by atoms with Gasteiger partial charge in [-0.3, -0.25) is 0 Å². The fourth-order valence-corrected chi connectivity index (χ4v) is 1.68. The normalized spacial score (nSPS) is 13.5. The van der Waals surface area contributed by atoms with Crippen LogP contribution in [0.4, 0.5) is 0 Å². The molecule has 1 unspecified atom stereocenters. The van der Waals surface area contributed by atoms with E-state index in [-0.39, 0.29) is 17.9 Å². The van der Waals surface area contributed by atoms with Gasteiger partial charge in [-0.15, -0.1) is 11.6 Å². The molecule has 2 nitrogen and oxygen atoms in total. The first-order chi connectivity index (χ1) is 7.84. The van der Waals surface area contributed by atoms with Crippen LogP contribution in [0.15, 0.2) is 18.2 Å². The van der Waals surface area contributed by atoms with Gasteiger partial charge in [-0.1, -0.05) is 38.5 Å². The highest BCUT2D eigenvalue weighted by Crippen LogP contribution is 2.32. The van der Waals surface area contributed by atoms with Crippen molar-refractivity contribution in [1.82, 2.24) is 0 Å². The predicted octanol–water partition coefficient (Wildman–Crippen LogP) is 3.27. The van der Waals surface area contributed by atoms with Crippen LogP contribution in [-0.2, 0) is 5.41 Å². The van der Waals surface area contributed by atoms with Gasteiger partial charge in [-0.25, -0.2) is 0 Å². The van der Waals surface area contributed by atoms with Crippen molar-refractivity contribution >= 4 is 11.6 Å². The van der Waals surface area contributed by atoms with E-state index in [0.717, 1.165) is 11.3 Å². The van der Waals surface area contributed by atoms with Gasteiger partial charge in [0.05, 0.1) is 5.88 Å². The third-order valence-electron chi connectivity index (χ3n) is 2.55. The highest BCUT2D eigenvalue weighted by molar-refractivity contribution is 6.18. The van der Waals surface area contributed by atoms with E-state index in [9.17, 15) is 5.11 Å². The molecule has 3 heteroatoms. The van der Waals surface area contributed by atoms with E-state index in [2.05, 4.69) is 33.8 Å². The molecule has 0 saturated heterocycles. The molecule has 1 aromatic carbocycles. The van der Waals surface area contributed by atoms with Crippen molar-refractivity contribution in [3.8, 4) is 5.75 Å². The van der Waals surface area contributed by atoms with Crippen molar-refractivity contribution in [2.45, 2.75) is 39.2 Å². The van der Waals surface area contributed by atoms with Crippen LogP contribution in [-0.4, -0.2) is 23.7 Å². The van der Waals surface area contributed by atoms with Crippen molar-refractivity contribution in [2.75, 3.05) is 12.5 Å². The minimum atomic E-state index is -0.620. The quantitative estimate of drug-likeness (QED) is 0.838. The van der Waals surface area contributed by atoms with E-state index in [1.807, 2.05) is 12.1 Å². The number of aliphatic hydroxyl groups excluding tert-OH is 1. The van der Waals surface area contributed by atoms with Crippen LogP contribution in [0.5, 0.6) is 5.75 Å². The van der Waals surface area contributed by atoms with E-state index in [1.165, 1.54) is 5.56 Å². The second-order valence-corrected chi connectivity index (χ2v) is 5.68. The van der Waals surface area contributed by atoms with Crippen LogP contribution in [0.2, 0.25) is 0 Å². The molecule has 0 aliphatic heterocycles. The summed E-state index contributed by atoms with van der Waals surface area (Å²) < 4.78 is 5.64. The molecule has 0 bridgehead atoms. The molecule has 0 aliphatic rings. The van der Waals surface area contributed by atoms with Crippen molar-refractivity contribution in [3.05, 3.63) is 29.3 Å². The van der Waals surface area contributed by atoms with Gasteiger partial charge in [0, 0.05) is 0 Å². The van der Waals surface area contributed by atoms with Gasteiger partial charge in [0.15, 0.2) is 0 Å². The number of ether oxygens (including phenoxy) is 1. The standard InChI is InChI=1S/C14H21ClO2/c1-10-5-6-13(17-9-11(16)8-15)12(7-10)14(2,3)4/h5-7,11,16H,8-9H2,1-4H3. The maximum absolute atomic E-state index is 9.41. The first-order valence-electron chi connectivity index (χ1n) is 5.82. The summed E-state index contributed by atoms with van der Waals surface area (Å²) in [4.78, 5) is 0. The van der Waals surface area contributed by atoms with Crippen LogP contribution in [0.1, 0.15) is 31.9 Å². The van der Waals surface area contributed by atoms with Gasteiger partial charge in [-0.2, -0.15) is 0 Å². The molecule has 0 heterocycles. The molecule has 1 aromatic rings. The SMILES string of the molecule is Cc1ccc(OCC(O)CCl)c(C(C)(C)C)c1. The largest absolute Gasteiger partial charge is 0.491 e. The summed E-state index contributed by atoms with van der Waals surface area (Å²) in [5.74, 6) is 1.02. The molecule has 0 radical (unpaired) electrons. The minimum Gasteiger partial charge on any atom is -0.491 e. The van der Waals surface area contributed by atoms with Crippen molar-refractivity contribution < 1.29 is 9.84 Å². The van der Waals surface area contributed by atoms with Gasteiger partial charge < -0.3 is 9.84 Å². The van der Waals surface area contributed by atoms with Gasteiger partial charge >= 0.3 is 0 Å². The predicted molar refractivity (Wildman–Crippen MR) is 72.1 cm³/mol. The van der Waals surface area contributed by atoms with Crippen molar-refractivity contribution in [1.29, 1.82) is 0 Å². The summed E-state index contributed by atoms with van der Waals surface area (Å²) in [5.41, 5.74) is 2.38. The lowest BCUT2D eigenvalue weighted by Gasteiger charge is -2.24. The molecule has 0 aromatic heterocycles. The number of aryl methyl sites for hydroxylation is 1. The Balaban J connectivity index is 2.91. The fraction of sp³-hybridized carbons (Fsp3) is 0.571. The molecular formula is C14H21ClO2. The molecule has 0 fully saturated rings. The maximum atomic E-state index is 9.41. The van der Waals surface area contributed by atoms with Crippen LogP contribution in [0.3, 0.4) is 0 Å². The van der Waals surface area contributed by atoms with E-state index in [4.69, 9.17) is 16.3 Å².